The Kier molecular flexibility index (Phi) is 4.24. The van der Waals surface area contributed by atoms with Gasteiger partial charge in [0, 0.05) is 32.1 Å². The minimum atomic E-state index is -2.99. The van der Waals surface area contributed by atoms with Crippen LogP contribution in [0.3, 0.4) is 0 Å². The van der Waals surface area contributed by atoms with Crippen LogP contribution in [-0.2, 0) is 14.6 Å². The van der Waals surface area contributed by atoms with Crippen LogP contribution in [0.25, 0.3) is 0 Å². The van der Waals surface area contributed by atoms with Gasteiger partial charge in [-0.25, -0.2) is 8.42 Å². The molecule has 0 aromatic rings. The molecule has 2 heterocycles. The standard InChI is InChI=1S/C11H20N2O4S/c14-10-1-4-13(5-2-10)11(15)7-9-8-18(16,17)6-3-12-9/h9-10,12,14H,1-8H2. The summed E-state index contributed by atoms with van der Waals surface area (Å²) in [5.74, 6) is 0.194. The van der Waals surface area contributed by atoms with E-state index in [1.807, 2.05) is 0 Å². The molecular formula is C11H20N2O4S. The number of likely N-dealkylation sites (tertiary alicyclic amines) is 1. The molecule has 18 heavy (non-hydrogen) atoms. The van der Waals surface area contributed by atoms with E-state index in [0.717, 1.165) is 0 Å². The fourth-order valence-electron chi connectivity index (χ4n) is 2.45. The molecule has 0 bridgehead atoms. The van der Waals surface area contributed by atoms with Crippen molar-refractivity contribution >= 4 is 15.7 Å². The van der Waals surface area contributed by atoms with Gasteiger partial charge in [0.25, 0.3) is 0 Å². The average Bonchev–Trinajstić information content (AvgIpc) is 2.28. The maximum atomic E-state index is 12.0. The molecule has 2 fully saturated rings. The molecule has 7 heteroatoms. The summed E-state index contributed by atoms with van der Waals surface area (Å²) in [5.41, 5.74) is 0. The smallest absolute Gasteiger partial charge is 0.224 e. The number of nitrogens with one attached hydrogen (secondary N) is 1. The van der Waals surface area contributed by atoms with Crippen molar-refractivity contribution < 1.29 is 18.3 Å². The normalized spacial score (nSPS) is 29.2. The first kappa shape index (κ1) is 13.8. The molecule has 0 aliphatic carbocycles. The number of sulfone groups is 1. The van der Waals surface area contributed by atoms with Gasteiger partial charge in [-0.05, 0) is 12.8 Å². The molecule has 1 atom stereocenters. The minimum absolute atomic E-state index is 0.0171. The summed E-state index contributed by atoms with van der Waals surface area (Å²) in [6.45, 7) is 1.57. The lowest BCUT2D eigenvalue weighted by Gasteiger charge is -2.31. The second kappa shape index (κ2) is 5.54. The molecule has 1 unspecified atom stereocenters. The number of hydrogen-bond acceptors (Lipinski definition) is 5. The van der Waals surface area contributed by atoms with Crippen molar-refractivity contribution in [2.75, 3.05) is 31.1 Å². The summed E-state index contributed by atoms with van der Waals surface area (Å²) in [5, 5.41) is 12.4. The predicted octanol–water partition coefficient (Wildman–Crippen LogP) is -1.25. The van der Waals surface area contributed by atoms with Gasteiger partial charge in [0.2, 0.25) is 5.91 Å². The highest BCUT2D eigenvalue weighted by Gasteiger charge is 2.28. The number of carbonyl (C=O) groups excluding carboxylic acids is 1. The molecule has 0 saturated carbocycles. The maximum Gasteiger partial charge on any atom is 0.224 e. The van der Waals surface area contributed by atoms with Crippen molar-refractivity contribution in [1.82, 2.24) is 10.2 Å². The molecule has 0 aromatic heterocycles. The van der Waals surface area contributed by atoms with Gasteiger partial charge in [0.15, 0.2) is 9.84 Å². The van der Waals surface area contributed by atoms with E-state index in [1.165, 1.54) is 0 Å². The van der Waals surface area contributed by atoms with Crippen LogP contribution in [0, 0.1) is 0 Å². The van der Waals surface area contributed by atoms with Crippen LogP contribution < -0.4 is 5.32 Å². The molecule has 1 amide bonds. The van der Waals surface area contributed by atoms with Gasteiger partial charge in [-0.3, -0.25) is 4.79 Å². The molecule has 2 saturated heterocycles. The van der Waals surface area contributed by atoms with E-state index in [-0.39, 0.29) is 36.0 Å². The highest BCUT2D eigenvalue weighted by atomic mass is 32.2. The van der Waals surface area contributed by atoms with Crippen molar-refractivity contribution in [3.05, 3.63) is 0 Å². The molecule has 104 valence electrons. The molecule has 2 aliphatic heterocycles. The number of aliphatic hydroxyl groups excluding tert-OH is 1. The summed E-state index contributed by atoms with van der Waals surface area (Å²) in [6, 6.07) is -0.261. The first-order chi connectivity index (χ1) is 8.46. The maximum absolute atomic E-state index is 12.0. The van der Waals surface area contributed by atoms with E-state index in [0.29, 0.717) is 32.5 Å². The minimum Gasteiger partial charge on any atom is -0.393 e. The summed E-state index contributed by atoms with van der Waals surface area (Å²) in [7, 11) is -2.99. The van der Waals surface area contributed by atoms with Gasteiger partial charge in [-0.2, -0.15) is 0 Å². The van der Waals surface area contributed by atoms with Crippen LogP contribution >= 0.6 is 0 Å². The van der Waals surface area contributed by atoms with Gasteiger partial charge in [-0.1, -0.05) is 0 Å². The van der Waals surface area contributed by atoms with E-state index in [1.54, 1.807) is 4.90 Å². The highest BCUT2D eigenvalue weighted by Crippen LogP contribution is 2.13. The Hall–Kier alpha value is -0.660. The lowest BCUT2D eigenvalue weighted by atomic mass is 10.1. The number of amides is 1. The number of rotatable bonds is 2. The van der Waals surface area contributed by atoms with Crippen molar-refractivity contribution in [2.45, 2.75) is 31.4 Å². The van der Waals surface area contributed by atoms with Crippen molar-refractivity contribution in [1.29, 1.82) is 0 Å². The number of carbonyl (C=O) groups is 1. The lowest BCUT2D eigenvalue weighted by molar-refractivity contribution is -0.133. The largest absolute Gasteiger partial charge is 0.393 e. The number of hydrogen-bond donors (Lipinski definition) is 2. The van der Waals surface area contributed by atoms with Gasteiger partial charge in [-0.15, -0.1) is 0 Å². The molecule has 2 aliphatic rings. The van der Waals surface area contributed by atoms with Crippen LogP contribution in [0.1, 0.15) is 19.3 Å². The quantitative estimate of drug-likeness (QED) is 0.658. The van der Waals surface area contributed by atoms with Crippen LogP contribution in [0.4, 0.5) is 0 Å². The van der Waals surface area contributed by atoms with E-state index in [4.69, 9.17) is 0 Å². The number of aliphatic hydroxyl groups is 1. The Labute approximate surface area is 107 Å². The van der Waals surface area contributed by atoms with Crippen LogP contribution in [0.15, 0.2) is 0 Å². The lowest BCUT2D eigenvalue weighted by Crippen LogP contribution is -2.49. The van der Waals surface area contributed by atoms with Crippen LogP contribution in [-0.4, -0.2) is 67.6 Å². The average molecular weight is 276 g/mol. The van der Waals surface area contributed by atoms with Crippen molar-refractivity contribution in [3.8, 4) is 0 Å². The molecule has 6 nitrogen and oxygen atoms in total. The highest BCUT2D eigenvalue weighted by molar-refractivity contribution is 7.91. The zero-order valence-corrected chi connectivity index (χ0v) is 11.2. The predicted molar refractivity (Wildman–Crippen MR) is 66.9 cm³/mol. The second-order valence-electron chi connectivity index (χ2n) is 5.08. The third-order valence-corrected chi connectivity index (χ3v) is 5.28. The fourth-order valence-corrected chi connectivity index (χ4v) is 3.90. The van der Waals surface area contributed by atoms with Crippen molar-refractivity contribution in [3.63, 3.8) is 0 Å². The SMILES string of the molecule is O=C(CC1CS(=O)(=O)CCN1)N1CCC(O)CC1. The first-order valence-corrected chi connectivity index (χ1v) is 8.18. The van der Waals surface area contributed by atoms with Gasteiger partial charge in [0.05, 0.1) is 17.6 Å². The fraction of sp³-hybridized carbons (Fsp3) is 0.909. The molecule has 0 aromatic carbocycles. The third-order valence-electron chi connectivity index (χ3n) is 3.54. The van der Waals surface area contributed by atoms with E-state index < -0.39 is 9.84 Å². The summed E-state index contributed by atoms with van der Waals surface area (Å²) in [6.07, 6.45) is 1.15. The molecule has 0 radical (unpaired) electrons. The Bertz CT molecular complexity index is 401. The van der Waals surface area contributed by atoms with E-state index >= 15 is 0 Å². The molecule has 0 spiro atoms. The van der Waals surface area contributed by atoms with Crippen LogP contribution in [0.5, 0.6) is 0 Å². The zero-order valence-electron chi connectivity index (χ0n) is 10.3. The van der Waals surface area contributed by atoms with Gasteiger partial charge >= 0.3 is 0 Å². The first-order valence-electron chi connectivity index (χ1n) is 6.36. The summed E-state index contributed by atoms with van der Waals surface area (Å²) in [4.78, 5) is 13.7. The summed E-state index contributed by atoms with van der Waals surface area (Å²) >= 11 is 0. The Balaban J connectivity index is 1.84. The van der Waals surface area contributed by atoms with Gasteiger partial charge in [0.1, 0.15) is 0 Å². The Morgan fingerprint density at radius 1 is 1.33 bits per heavy atom. The third kappa shape index (κ3) is 3.66. The van der Waals surface area contributed by atoms with E-state index in [2.05, 4.69) is 5.32 Å². The Morgan fingerprint density at radius 3 is 2.61 bits per heavy atom. The topological polar surface area (TPSA) is 86.7 Å². The number of piperidine rings is 1. The molecular weight excluding hydrogens is 256 g/mol. The summed E-state index contributed by atoms with van der Waals surface area (Å²) < 4.78 is 22.9. The Morgan fingerprint density at radius 2 is 2.00 bits per heavy atom. The molecule has 2 rings (SSSR count). The molecule has 2 N–H and O–H groups in total. The number of nitrogens with zero attached hydrogens (tertiary/aromatic N) is 1. The zero-order chi connectivity index (χ0) is 13.2. The van der Waals surface area contributed by atoms with Crippen LogP contribution in [0.2, 0.25) is 0 Å². The second-order valence-corrected chi connectivity index (χ2v) is 7.31. The van der Waals surface area contributed by atoms with Gasteiger partial charge < -0.3 is 15.3 Å². The van der Waals surface area contributed by atoms with Crippen molar-refractivity contribution in [2.24, 2.45) is 0 Å². The monoisotopic (exact) mass is 276 g/mol. The van der Waals surface area contributed by atoms with E-state index in [9.17, 15) is 18.3 Å².